The molecule has 0 bridgehead atoms. The van der Waals surface area contributed by atoms with E-state index in [0.717, 1.165) is 30.0 Å². The summed E-state index contributed by atoms with van der Waals surface area (Å²) in [6.07, 6.45) is 5.55. The van der Waals surface area contributed by atoms with Crippen molar-refractivity contribution < 1.29 is 4.74 Å². The average Bonchev–Trinajstić information content (AvgIpc) is 2.39. The van der Waals surface area contributed by atoms with Crippen LogP contribution in [0.4, 0.5) is 0 Å². The maximum atomic E-state index is 5.12. The molecular formula is C14H16N2O. The Morgan fingerprint density at radius 2 is 1.76 bits per heavy atom. The monoisotopic (exact) mass is 228 g/mol. The van der Waals surface area contributed by atoms with Crippen molar-refractivity contribution in [3.63, 3.8) is 0 Å². The number of aromatic nitrogens is 2. The van der Waals surface area contributed by atoms with Crippen LogP contribution in [-0.2, 0) is 12.8 Å². The third kappa shape index (κ3) is 3.28. The molecule has 2 rings (SSSR count). The Bertz CT molecular complexity index is 463. The summed E-state index contributed by atoms with van der Waals surface area (Å²) in [5.41, 5.74) is 3.28. The fourth-order valence-corrected chi connectivity index (χ4v) is 1.61. The van der Waals surface area contributed by atoms with Crippen molar-refractivity contribution in [2.75, 3.05) is 7.11 Å². The van der Waals surface area contributed by atoms with Crippen LogP contribution in [0.15, 0.2) is 36.7 Å². The lowest BCUT2D eigenvalue weighted by Gasteiger charge is -2.03. The highest BCUT2D eigenvalue weighted by Crippen LogP contribution is 2.12. The Balaban J connectivity index is 1.95. The van der Waals surface area contributed by atoms with E-state index in [4.69, 9.17) is 4.74 Å². The van der Waals surface area contributed by atoms with Crippen LogP contribution < -0.4 is 4.74 Å². The first-order valence-corrected chi connectivity index (χ1v) is 5.68. The minimum Gasteiger partial charge on any atom is -0.497 e. The molecule has 0 saturated heterocycles. The van der Waals surface area contributed by atoms with E-state index >= 15 is 0 Å². The van der Waals surface area contributed by atoms with Crippen molar-refractivity contribution in [1.82, 2.24) is 9.97 Å². The number of nitrogens with zero attached hydrogens (tertiary/aromatic N) is 2. The Kier molecular flexibility index (Phi) is 3.70. The normalized spacial score (nSPS) is 10.2. The van der Waals surface area contributed by atoms with Gasteiger partial charge in [-0.05, 0) is 37.5 Å². The van der Waals surface area contributed by atoms with E-state index in [2.05, 4.69) is 22.1 Å². The van der Waals surface area contributed by atoms with Crippen LogP contribution in [-0.4, -0.2) is 17.1 Å². The van der Waals surface area contributed by atoms with Crippen LogP contribution in [0.3, 0.4) is 0 Å². The molecule has 2 aromatic rings. The molecule has 1 heterocycles. The molecule has 3 nitrogen and oxygen atoms in total. The number of ether oxygens (including phenoxy) is 1. The van der Waals surface area contributed by atoms with E-state index in [1.54, 1.807) is 7.11 Å². The Hall–Kier alpha value is -1.90. The van der Waals surface area contributed by atoms with Crippen LogP contribution in [0.2, 0.25) is 0 Å². The van der Waals surface area contributed by atoms with E-state index in [-0.39, 0.29) is 0 Å². The molecule has 0 spiro atoms. The molecule has 0 atom stereocenters. The summed E-state index contributed by atoms with van der Waals surface area (Å²) >= 11 is 0. The van der Waals surface area contributed by atoms with Crippen molar-refractivity contribution in [2.24, 2.45) is 0 Å². The highest BCUT2D eigenvalue weighted by Gasteiger charge is 1.98. The van der Waals surface area contributed by atoms with E-state index in [1.165, 1.54) is 5.56 Å². The molecule has 0 aliphatic carbocycles. The molecular weight excluding hydrogens is 212 g/mol. The number of hydrogen-bond donors (Lipinski definition) is 0. The topological polar surface area (TPSA) is 35.0 Å². The zero-order chi connectivity index (χ0) is 12.1. The van der Waals surface area contributed by atoms with Crippen LogP contribution in [0.1, 0.15) is 17.0 Å². The van der Waals surface area contributed by atoms with Crippen LogP contribution in [0, 0.1) is 6.92 Å². The van der Waals surface area contributed by atoms with Gasteiger partial charge in [-0.3, -0.25) is 9.97 Å². The fraction of sp³-hybridized carbons (Fsp3) is 0.286. The first-order valence-electron chi connectivity index (χ1n) is 5.68. The summed E-state index contributed by atoms with van der Waals surface area (Å²) in [4.78, 5) is 8.58. The molecule has 1 aromatic heterocycles. The van der Waals surface area contributed by atoms with Crippen LogP contribution in [0.5, 0.6) is 5.75 Å². The quantitative estimate of drug-likeness (QED) is 0.806. The fourth-order valence-electron chi connectivity index (χ4n) is 1.61. The lowest BCUT2D eigenvalue weighted by atomic mass is 10.1. The SMILES string of the molecule is COc1ccc(CCc2cnc(C)cn2)cc1. The molecule has 0 radical (unpaired) electrons. The standard InChI is InChI=1S/C14H16N2O/c1-11-9-16-13(10-15-11)6-3-12-4-7-14(17-2)8-5-12/h4-5,7-10H,3,6H2,1-2H3. The first kappa shape index (κ1) is 11.6. The second kappa shape index (κ2) is 5.43. The van der Waals surface area contributed by atoms with E-state index < -0.39 is 0 Å². The maximum Gasteiger partial charge on any atom is 0.118 e. The number of benzene rings is 1. The third-order valence-electron chi connectivity index (χ3n) is 2.66. The molecule has 0 saturated carbocycles. The molecule has 3 heteroatoms. The highest BCUT2D eigenvalue weighted by atomic mass is 16.5. The maximum absolute atomic E-state index is 5.12. The van der Waals surface area contributed by atoms with Gasteiger partial charge in [0.05, 0.1) is 18.5 Å². The Morgan fingerprint density at radius 1 is 1.00 bits per heavy atom. The van der Waals surface area contributed by atoms with E-state index in [1.807, 2.05) is 31.5 Å². The molecule has 0 N–H and O–H groups in total. The smallest absolute Gasteiger partial charge is 0.118 e. The largest absolute Gasteiger partial charge is 0.497 e. The van der Waals surface area contributed by atoms with Crippen molar-refractivity contribution in [3.05, 3.63) is 53.6 Å². The summed E-state index contributed by atoms with van der Waals surface area (Å²) in [5.74, 6) is 0.892. The van der Waals surface area contributed by atoms with E-state index in [0.29, 0.717) is 0 Å². The predicted octanol–water partition coefficient (Wildman–Crippen LogP) is 2.58. The van der Waals surface area contributed by atoms with E-state index in [9.17, 15) is 0 Å². The Labute approximate surface area is 102 Å². The number of hydrogen-bond acceptors (Lipinski definition) is 3. The minimum absolute atomic E-state index is 0.892. The van der Waals surface area contributed by atoms with Gasteiger partial charge in [0.2, 0.25) is 0 Å². The lowest BCUT2D eigenvalue weighted by molar-refractivity contribution is 0.414. The predicted molar refractivity (Wildman–Crippen MR) is 67.2 cm³/mol. The van der Waals surface area contributed by atoms with Crippen molar-refractivity contribution in [3.8, 4) is 5.75 Å². The average molecular weight is 228 g/mol. The van der Waals surface area contributed by atoms with Crippen LogP contribution in [0.25, 0.3) is 0 Å². The summed E-state index contributed by atoms with van der Waals surface area (Å²) in [7, 11) is 1.68. The summed E-state index contributed by atoms with van der Waals surface area (Å²) in [5, 5.41) is 0. The second-order valence-corrected chi connectivity index (χ2v) is 4.00. The lowest BCUT2D eigenvalue weighted by Crippen LogP contribution is -1.96. The molecule has 1 aromatic carbocycles. The number of methoxy groups -OCH3 is 1. The van der Waals surface area contributed by atoms with Gasteiger partial charge in [-0.25, -0.2) is 0 Å². The molecule has 0 unspecified atom stereocenters. The zero-order valence-corrected chi connectivity index (χ0v) is 10.2. The highest BCUT2D eigenvalue weighted by molar-refractivity contribution is 5.27. The van der Waals surface area contributed by atoms with Gasteiger partial charge in [0.25, 0.3) is 0 Å². The van der Waals surface area contributed by atoms with Crippen molar-refractivity contribution >= 4 is 0 Å². The van der Waals surface area contributed by atoms with Gasteiger partial charge < -0.3 is 4.74 Å². The molecule has 17 heavy (non-hydrogen) atoms. The summed E-state index contributed by atoms with van der Waals surface area (Å²) < 4.78 is 5.12. The number of aryl methyl sites for hydroxylation is 3. The summed E-state index contributed by atoms with van der Waals surface area (Å²) in [6, 6.07) is 8.13. The van der Waals surface area contributed by atoms with Gasteiger partial charge in [-0.2, -0.15) is 0 Å². The molecule has 0 aliphatic rings. The minimum atomic E-state index is 0.892. The number of rotatable bonds is 4. The molecule has 0 aliphatic heterocycles. The van der Waals surface area contributed by atoms with Gasteiger partial charge in [0.15, 0.2) is 0 Å². The molecule has 0 amide bonds. The summed E-state index contributed by atoms with van der Waals surface area (Å²) in [6.45, 7) is 1.94. The van der Waals surface area contributed by atoms with Gasteiger partial charge in [0, 0.05) is 12.4 Å². The van der Waals surface area contributed by atoms with Crippen LogP contribution >= 0.6 is 0 Å². The first-order chi connectivity index (χ1) is 8.28. The molecule has 0 fully saturated rings. The molecule has 88 valence electrons. The van der Waals surface area contributed by atoms with Gasteiger partial charge >= 0.3 is 0 Å². The van der Waals surface area contributed by atoms with Crippen molar-refractivity contribution in [1.29, 1.82) is 0 Å². The second-order valence-electron chi connectivity index (χ2n) is 4.00. The van der Waals surface area contributed by atoms with Gasteiger partial charge in [-0.15, -0.1) is 0 Å². The Morgan fingerprint density at radius 3 is 2.35 bits per heavy atom. The van der Waals surface area contributed by atoms with Crippen molar-refractivity contribution in [2.45, 2.75) is 19.8 Å². The van der Waals surface area contributed by atoms with Gasteiger partial charge in [-0.1, -0.05) is 12.1 Å². The third-order valence-corrected chi connectivity index (χ3v) is 2.66. The zero-order valence-electron chi connectivity index (χ0n) is 10.2. The van der Waals surface area contributed by atoms with Gasteiger partial charge in [0.1, 0.15) is 5.75 Å².